The maximum Gasteiger partial charge on any atom is 2.00 e. The van der Waals surface area contributed by atoms with Gasteiger partial charge in [-0.15, -0.1) is 0 Å². The predicted molar refractivity (Wildman–Crippen MR) is 145 cm³/mol. The smallest absolute Gasteiger partial charge is 0.548 e. The standard InChI is InChI=1S/2C15H23NO4.Zn/c2*1-2-3-4-5-6-7-8-9-12(15(19)20)16-13(17)10-11-14(16)18;/h2*10-12H,2-9H2,1H3,(H,19,20);/q;;+2/p-2. The maximum absolute atomic E-state index is 11.5. The van der Waals surface area contributed by atoms with Crippen molar-refractivity contribution in [2.75, 3.05) is 0 Å². The Morgan fingerprint density at radius 2 is 0.780 bits per heavy atom. The minimum absolute atomic E-state index is 0. The van der Waals surface area contributed by atoms with Crippen molar-refractivity contribution in [3.63, 3.8) is 0 Å². The Morgan fingerprint density at radius 1 is 0.537 bits per heavy atom. The first-order valence-corrected chi connectivity index (χ1v) is 14.7. The summed E-state index contributed by atoms with van der Waals surface area (Å²) in [6, 6.07) is -2.28. The fraction of sp³-hybridized carbons (Fsp3) is 0.667. The average molecular weight is 626 g/mol. The summed E-state index contributed by atoms with van der Waals surface area (Å²) in [5.41, 5.74) is 0. The van der Waals surface area contributed by atoms with Gasteiger partial charge in [0.25, 0.3) is 23.6 Å². The maximum atomic E-state index is 11.5. The molecule has 0 N–H and O–H groups in total. The number of carbonyl (C=O) groups is 6. The Morgan fingerprint density at radius 3 is 1.02 bits per heavy atom. The molecule has 41 heavy (non-hydrogen) atoms. The van der Waals surface area contributed by atoms with E-state index in [2.05, 4.69) is 13.8 Å². The van der Waals surface area contributed by atoms with Gasteiger partial charge in [0.1, 0.15) is 0 Å². The second-order valence-corrected chi connectivity index (χ2v) is 10.2. The van der Waals surface area contributed by atoms with Crippen molar-refractivity contribution in [1.29, 1.82) is 0 Å². The molecule has 0 aromatic rings. The van der Waals surface area contributed by atoms with Crippen LogP contribution in [0.4, 0.5) is 0 Å². The second kappa shape index (κ2) is 22.0. The number of hydrogen-bond donors (Lipinski definition) is 0. The normalized spacial score (nSPS) is 15.6. The summed E-state index contributed by atoms with van der Waals surface area (Å²) in [6.07, 6.45) is 19.8. The quantitative estimate of drug-likeness (QED) is 0.113. The number of nitrogens with zero attached hydrogens (tertiary/aromatic N) is 2. The minimum atomic E-state index is -1.36. The topological polar surface area (TPSA) is 155 Å². The van der Waals surface area contributed by atoms with Crippen molar-refractivity contribution in [3.8, 4) is 0 Å². The number of aliphatic carboxylic acids is 2. The molecule has 2 heterocycles. The molecule has 11 heteroatoms. The van der Waals surface area contributed by atoms with Crippen LogP contribution in [-0.4, -0.2) is 57.5 Å². The molecule has 2 unspecified atom stereocenters. The van der Waals surface area contributed by atoms with Crippen molar-refractivity contribution in [1.82, 2.24) is 9.80 Å². The first-order valence-electron chi connectivity index (χ1n) is 14.7. The first kappa shape index (κ1) is 38.3. The molecule has 2 atom stereocenters. The summed E-state index contributed by atoms with van der Waals surface area (Å²) in [5, 5.41) is 22.2. The summed E-state index contributed by atoms with van der Waals surface area (Å²) in [6.45, 7) is 4.31. The minimum Gasteiger partial charge on any atom is -0.548 e. The molecule has 10 nitrogen and oxygen atoms in total. The van der Waals surface area contributed by atoms with Crippen LogP contribution in [0.15, 0.2) is 24.3 Å². The van der Waals surface area contributed by atoms with Crippen molar-refractivity contribution in [2.24, 2.45) is 0 Å². The average Bonchev–Trinajstić information content (AvgIpc) is 3.42. The van der Waals surface area contributed by atoms with E-state index in [9.17, 15) is 39.0 Å². The van der Waals surface area contributed by atoms with Crippen LogP contribution in [0.3, 0.4) is 0 Å². The SMILES string of the molecule is CCCCCCCCCC(C(=O)[O-])N1C(=O)C=CC1=O.CCCCCCCCCC(C(=O)[O-])N1C(=O)C=CC1=O.[Zn+2]. The van der Waals surface area contributed by atoms with E-state index >= 15 is 0 Å². The molecule has 0 radical (unpaired) electrons. The van der Waals surface area contributed by atoms with Gasteiger partial charge in [0, 0.05) is 24.3 Å². The van der Waals surface area contributed by atoms with Crippen LogP contribution in [0, 0.1) is 0 Å². The van der Waals surface area contributed by atoms with Gasteiger partial charge < -0.3 is 19.8 Å². The summed E-state index contributed by atoms with van der Waals surface area (Å²) < 4.78 is 0. The van der Waals surface area contributed by atoms with Gasteiger partial charge >= 0.3 is 19.5 Å². The zero-order valence-corrected chi connectivity index (χ0v) is 27.6. The molecule has 0 saturated carbocycles. The van der Waals surface area contributed by atoms with Crippen LogP contribution < -0.4 is 10.2 Å². The largest absolute Gasteiger partial charge is 2.00 e. The fourth-order valence-electron chi connectivity index (χ4n) is 4.73. The van der Waals surface area contributed by atoms with Crippen LogP contribution in [0.2, 0.25) is 0 Å². The Balaban J connectivity index is 0.000000762. The van der Waals surface area contributed by atoms with Gasteiger partial charge in [-0.3, -0.25) is 29.0 Å². The van der Waals surface area contributed by atoms with Crippen molar-refractivity contribution >= 4 is 35.6 Å². The fourth-order valence-corrected chi connectivity index (χ4v) is 4.73. The molecule has 0 spiro atoms. The number of rotatable bonds is 20. The van der Waals surface area contributed by atoms with Gasteiger partial charge in [0.15, 0.2) is 0 Å². The summed E-state index contributed by atoms with van der Waals surface area (Å²) in [5.74, 6) is -4.97. The monoisotopic (exact) mass is 624 g/mol. The third-order valence-electron chi connectivity index (χ3n) is 7.02. The number of carboxylic acid groups (broad SMARTS) is 2. The van der Waals surface area contributed by atoms with E-state index in [4.69, 9.17) is 0 Å². The number of amides is 4. The first-order chi connectivity index (χ1) is 19.1. The number of carbonyl (C=O) groups excluding carboxylic acids is 6. The van der Waals surface area contributed by atoms with Gasteiger partial charge in [0.05, 0.1) is 24.0 Å². The van der Waals surface area contributed by atoms with E-state index in [0.29, 0.717) is 12.8 Å². The van der Waals surface area contributed by atoms with E-state index < -0.39 is 47.7 Å². The molecule has 224 valence electrons. The molecule has 0 aromatic carbocycles. The number of imide groups is 2. The Labute approximate surface area is 256 Å². The van der Waals surface area contributed by atoms with Crippen LogP contribution in [0.25, 0.3) is 0 Å². The summed E-state index contributed by atoms with van der Waals surface area (Å²) >= 11 is 0. The van der Waals surface area contributed by atoms with E-state index in [1.807, 2.05) is 0 Å². The van der Waals surface area contributed by atoms with E-state index in [1.165, 1.54) is 38.5 Å². The summed E-state index contributed by atoms with van der Waals surface area (Å²) in [7, 11) is 0. The number of carboxylic acids is 2. The van der Waals surface area contributed by atoms with Gasteiger partial charge in [-0.25, -0.2) is 0 Å². The molecule has 2 aliphatic heterocycles. The van der Waals surface area contributed by atoms with Crippen LogP contribution in [-0.2, 0) is 48.2 Å². The van der Waals surface area contributed by atoms with E-state index in [1.54, 1.807) is 0 Å². The molecule has 4 amide bonds. The second-order valence-electron chi connectivity index (χ2n) is 10.2. The van der Waals surface area contributed by atoms with E-state index in [-0.39, 0.29) is 32.3 Å². The van der Waals surface area contributed by atoms with Crippen molar-refractivity contribution in [2.45, 2.75) is 129 Å². The van der Waals surface area contributed by atoms with Gasteiger partial charge in [-0.05, 0) is 12.8 Å². The molecule has 2 aliphatic rings. The Bertz CT molecular complexity index is 823. The third kappa shape index (κ3) is 14.2. The molecular weight excluding hydrogens is 582 g/mol. The predicted octanol–water partition coefficient (Wildman–Crippen LogP) is 2.34. The van der Waals surface area contributed by atoms with Crippen molar-refractivity contribution < 1.29 is 58.5 Å². The Hall–Kier alpha value is -2.68. The molecule has 0 aliphatic carbocycles. The van der Waals surface area contributed by atoms with Gasteiger partial charge in [-0.2, -0.15) is 0 Å². The van der Waals surface area contributed by atoms with Crippen LogP contribution >= 0.6 is 0 Å². The Kier molecular flexibility index (Phi) is 20.6. The molecule has 0 aromatic heterocycles. The molecule has 0 fully saturated rings. The van der Waals surface area contributed by atoms with Crippen LogP contribution in [0.1, 0.15) is 117 Å². The number of unbranched alkanes of at least 4 members (excludes halogenated alkanes) is 12. The van der Waals surface area contributed by atoms with Gasteiger partial charge in [-0.1, -0.05) is 104 Å². The summed E-state index contributed by atoms with van der Waals surface area (Å²) in [4.78, 5) is 69.6. The van der Waals surface area contributed by atoms with E-state index in [0.717, 1.165) is 72.6 Å². The molecule has 2 rings (SSSR count). The molecule has 0 bridgehead atoms. The number of hydrogen-bond acceptors (Lipinski definition) is 8. The van der Waals surface area contributed by atoms with Crippen molar-refractivity contribution in [3.05, 3.63) is 24.3 Å². The zero-order chi connectivity index (χ0) is 29.9. The molecule has 0 saturated heterocycles. The molecular formula is C30H44N2O8Zn. The third-order valence-corrected chi connectivity index (χ3v) is 7.02. The van der Waals surface area contributed by atoms with Gasteiger partial charge in [0.2, 0.25) is 0 Å². The zero-order valence-electron chi connectivity index (χ0n) is 24.6. The van der Waals surface area contributed by atoms with Crippen LogP contribution in [0.5, 0.6) is 0 Å².